The molecule has 0 unspecified atom stereocenters. The summed E-state index contributed by atoms with van der Waals surface area (Å²) in [6.07, 6.45) is -2.46. The Morgan fingerprint density at radius 2 is 1.42 bits per heavy atom. The maximum atomic E-state index is 11.9. The van der Waals surface area contributed by atoms with Crippen LogP contribution in [0, 0.1) is 0 Å². The second-order valence-corrected chi connectivity index (χ2v) is 9.90. The number of aromatic carboxylic acids is 3. The molecule has 50 heavy (non-hydrogen) atoms. The third kappa shape index (κ3) is 10.4. The lowest BCUT2D eigenvalue weighted by Crippen LogP contribution is -2.20. The summed E-state index contributed by atoms with van der Waals surface area (Å²) >= 11 is 0. The lowest BCUT2D eigenvalue weighted by Gasteiger charge is -2.09. The maximum Gasteiger partial charge on any atom is 0.433 e. The normalized spacial score (nSPS) is 10.5. The van der Waals surface area contributed by atoms with E-state index in [4.69, 9.17) is 20.1 Å². The van der Waals surface area contributed by atoms with Crippen molar-refractivity contribution in [1.29, 1.82) is 0 Å². The van der Waals surface area contributed by atoms with Crippen LogP contribution in [0.3, 0.4) is 0 Å². The van der Waals surface area contributed by atoms with Gasteiger partial charge >= 0.3 is 24.1 Å². The molecule has 5 rings (SSSR count). The second-order valence-electron chi connectivity index (χ2n) is 9.90. The molecular weight excluding hydrogens is 667 g/mol. The summed E-state index contributed by atoms with van der Waals surface area (Å²) in [5.74, 6) is -3.76. The van der Waals surface area contributed by atoms with E-state index in [1.54, 1.807) is 34.9 Å². The minimum atomic E-state index is -4.53. The molecule has 0 spiro atoms. The van der Waals surface area contributed by atoms with E-state index in [0.717, 1.165) is 11.6 Å². The van der Waals surface area contributed by atoms with Crippen LogP contribution < -0.4 is 15.5 Å². The molecule has 0 aliphatic carbocycles. The van der Waals surface area contributed by atoms with Gasteiger partial charge in [0.05, 0.1) is 16.6 Å². The van der Waals surface area contributed by atoms with Gasteiger partial charge in [0, 0.05) is 30.0 Å². The van der Waals surface area contributed by atoms with Crippen LogP contribution in [0.4, 0.5) is 18.9 Å². The van der Waals surface area contributed by atoms with E-state index >= 15 is 0 Å². The number of para-hydroxylation sites is 3. The Balaban J connectivity index is 0.000000209. The number of nitrogens with zero attached hydrogens (tertiary/aromatic N) is 2. The van der Waals surface area contributed by atoms with Gasteiger partial charge in [-0.3, -0.25) is 14.6 Å². The number of pyridine rings is 2. The fourth-order valence-corrected chi connectivity index (χ4v) is 4.06. The minimum Gasteiger partial charge on any atom is -0.504 e. The number of amides is 1. The molecule has 0 atom stereocenters. The van der Waals surface area contributed by atoms with Crippen molar-refractivity contribution in [2.45, 2.75) is 19.6 Å². The number of aryl methyl sites for hydroxylation is 1. The average molecular weight is 696 g/mol. The highest BCUT2D eigenvalue weighted by molar-refractivity contribution is 5.94. The first-order valence-corrected chi connectivity index (χ1v) is 14.3. The molecule has 5 aromatic rings. The first-order valence-electron chi connectivity index (χ1n) is 14.3. The molecule has 2 aromatic heterocycles. The van der Waals surface area contributed by atoms with Gasteiger partial charge in [0.25, 0.3) is 5.91 Å². The first kappa shape index (κ1) is 37.7. The lowest BCUT2D eigenvalue weighted by atomic mass is 10.1. The van der Waals surface area contributed by atoms with Crippen molar-refractivity contribution in [1.82, 2.24) is 9.55 Å². The molecule has 2 heterocycles. The van der Waals surface area contributed by atoms with Gasteiger partial charge in [0.15, 0.2) is 18.1 Å². The zero-order chi connectivity index (χ0) is 37.0. The third-order valence-corrected chi connectivity index (χ3v) is 6.50. The molecule has 0 fully saturated rings. The average Bonchev–Trinajstić information content (AvgIpc) is 3.08. The van der Waals surface area contributed by atoms with E-state index in [1.807, 2.05) is 19.1 Å². The monoisotopic (exact) mass is 695 g/mol. The summed E-state index contributed by atoms with van der Waals surface area (Å²) in [5, 5.41) is 38.5. The number of nitrogens with one attached hydrogen (secondary N) is 1. The number of alkyl halides is 3. The van der Waals surface area contributed by atoms with Crippen LogP contribution in [-0.2, 0) is 17.5 Å². The topological polar surface area (TPSA) is 205 Å². The number of phenols is 1. The highest BCUT2D eigenvalue weighted by Gasteiger charge is 2.32. The van der Waals surface area contributed by atoms with Gasteiger partial charge in [-0.2, -0.15) is 13.2 Å². The summed E-state index contributed by atoms with van der Waals surface area (Å²) in [6.45, 7) is 2.27. The largest absolute Gasteiger partial charge is 0.504 e. The van der Waals surface area contributed by atoms with E-state index in [9.17, 15) is 42.3 Å². The van der Waals surface area contributed by atoms with E-state index in [2.05, 4.69) is 10.3 Å². The number of ether oxygens (including phenoxy) is 1. The van der Waals surface area contributed by atoms with Crippen molar-refractivity contribution in [2.24, 2.45) is 0 Å². The number of benzene rings is 3. The van der Waals surface area contributed by atoms with Gasteiger partial charge in [-0.15, -0.1) is 0 Å². The van der Waals surface area contributed by atoms with E-state index in [-0.39, 0.29) is 34.8 Å². The number of hydrogen-bond acceptors (Lipinski definition) is 8. The highest BCUT2D eigenvalue weighted by atomic mass is 19.4. The molecular formula is C34H28F3N3O10. The quantitative estimate of drug-likeness (QED) is 0.135. The molecule has 0 aliphatic heterocycles. The van der Waals surface area contributed by atoms with Crippen LogP contribution in [0.1, 0.15) is 43.7 Å². The van der Waals surface area contributed by atoms with Crippen LogP contribution in [-0.4, -0.2) is 60.4 Å². The zero-order valence-corrected chi connectivity index (χ0v) is 25.9. The molecule has 0 saturated heterocycles. The van der Waals surface area contributed by atoms with Gasteiger partial charge in [0.1, 0.15) is 11.3 Å². The number of carboxylic acids is 3. The molecule has 0 bridgehead atoms. The SMILES string of the molecule is CCn1cc(C(=O)O)c(=O)c2ccccc21.O=C(COc1ccccc1O)Nc1ccc(C(=O)O)cc1.O=C(O)c1ccc(C(F)(F)F)nc1. The summed E-state index contributed by atoms with van der Waals surface area (Å²) in [6, 6.07) is 20.6. The fraction of sp³-hybridized carbons (Fsp3) is 0.118. The number of carboxylic acid groups (broad SMARTS) is 3. The molecule has 16 heteroatoms. The number of aromatic hydroxyl groups is 1. The summed E-state index contributed by atoms with van der Waals surface area (Å²) < 4.78 is 42.7. The van der Waals surface area contributed by atoms with Crippen LogP contribution >= 0.6 is 0 Å². The highest BCUT2D eigenvalue weighted by Crippen LogP contribution is 2.27. The van der Waals surface area contributed by atoms with Crippen LogP contribution in [0.15, 0.2) is 102 Å². The van der Waals surface area contributed by atoms with Gasteiger partial charge in [0.2, 0.25) is 5.43 Å². The number of rotatable bonds is 8. The number of anilines is 1. The smallest absolute Gasteiger partial charge is 0.433 e. The van der Waals surface area contributed by atoms with Crippen molar-refractivity contribution in [2.75, 3.05) is 11.9 Å². The van der Waals surface area contributed by atoms with Crippen LogP contribution in [0.2, 0.25) is 0 Å². The Kier molecular flexibility index (Phi) is 12.8. The Morgan fingerprint density at radius 1 is 0.820 bits per heavy atom. The Hall–Kier alpha value is -6.71. The van der Waals surface area contributed by atoms with Gasteiger partial charge in [-0.25, -0.2) is 14.4 Å². The summed E-state index contributed by atoms with van der Waals surface area (Å²) in [5.41, 5.74) is -0.608. The predicted octanol–water partition coefficient (Wildman–Crippen LogP) is 5.63. The molecule has 260 valence electrons. The molecule has 5 N–H and O–H groups in total. The molecule has 0 aliphatic rings. The second kappa shape index (κ2) is 16.9. The van der Waals surface area contributed by atoms with E-state index in [0.29, 0.717) is 29.9 Å². The maximum absolute atomic E-state index is 11.9. The summed E-state index contributed by atoms with van der Waals surface area (Å²) in [7, 11) is 0. The third-order valence-electron chi connectivity index (χ3n) is 6.50. The van der Waals surface area contributed by atoms with Crippen molar-refractivity contribution >= 4 is 40.4 Å². The summed E-state index contributed by atoms with van der Waals surface area (Å²) in [4.78, 5) is 58.3. The number of phenolic OH excluding ortho intramolecular Hbond substituents is 1. The molecule has 0 radical (unpaired) electrons. The molecule has 13 nitrogen and oxygen atoms in total. The van der Waals surface area contributed by atoms with Gasteiger partial charge in [-0.1, -0.05) is 24.3 Å². The number of carbonyl (C=O) groups is 4. The standard InChI is InChI=1S/C15H13NO5.C12H11NO3.C7H4F3NO2/c17-12-3-1-2-4-13(12)21-9-14(18)16-11-7-5-10(6-8-11)15(19)20;1-2-13-7-9(12(15)16)11(14)8-5-3-4-6-10(8)13;8-7(9,10)5-2-1-4(3-11-5)6(12)13/h1-8,17H,9H2,(H,16,18)(H,19,20);3-7H,2H2,1H3,(H,15,16);1-3H,(H,12,13). The first-order chi connectivity index (χ1) is 23.6. The van der Waals surface area contributed by atoms with Crippen molar-refractivity contribution in [3.63, 3.8) is 0 Å². The fourth-order valence-electron chi connectivity index (χ4n) is 4.06. The number of fused-ring (bicyclic) bond motifs is 1. The van der Waals surface area contributed by atoms with Crippen molar-refractivity contribution < 1.29 is 57.5 Å². The predicted molar refractivity (Wildman–Crippen MR) is 173 cm³/mol. The van der Waals surface area contributed by atoms with Crippen LogP contribution in [0.25, 0.3) is 10.9 Å². The Labute approximate surface area is 280 Å². The lowest BCUT2D eigenvalue weighted by molar-refractivity contribution is -0.141. The number of halogens is 3. The van der Waals surface area contributed by atoms with Crippen LogP contribution in [0.5, 0.6) is 11.5 Å². The molecule has 3 aromatic carbocycles. The zero-order valence-electron chi connectivity index (χ0n) is 25.9. The van der Waals surface area contributed by atoms with Crippen molar-refractivity contribution in [3.05, 3.63) is 130 Å². The molecule has 0 saturated carbocycles. The Morgan fingerprint density at radius 3 is 1.96 bits per heavy atom. The minimum absolute atomic E-state index is 0.0453. The van der Waals surface area contributed by atoms with Crippen molar-refractivity contribution in [3.8, 4) is 11.5 Å². The van der Waals surface area contributed by atoms with E-state index < -0.39 is 41.1 Å². The molecule has 1 amide bonds. The number of carbonyl (C=O) groups excluding carboxylic acids is 1. The Bertz CT molecular complexity index is 2050. The number of aromatic nitrogens is 2. The number of hydrogen-bond donors (Lipinski definition) is 5. The van der Waals surface area contributed by atoms with Gasteiger partial charge < -0.3 is 35.0 Å². The van der Waals surface area contributed by atoms with Gasteiger partial charge in [-0.05, 0) is 67.6 Å². The van der Waals surface area contributed by atoms with E-state index in [1.165, 1.54) is 36.5 Å².